The zero-order valence-corrected chi connectivity index (χ0v) is 10.9. The van der Waals surface area contributed by atoms with Crippen LogP contribution in [0.25, 0.3) is 0 Å². The number of nitrogens with one attached hydrogen (secondary N) is 2. The van der Waals surface area contributed by atoms with Crippen molar-refractivity contribution < 1.29 is 13.6 Å². The van der Waals surface area contributed by atoms with Gasteiger partial charge in [-0.25, -0.2) is 8.78 Å². The average molecular weight is 276 g/mol. The third-order valence-corrected chi connectivity index (χ3v) is 2.73. The van der Waals surface area contributed by atoms with Crippen LogP contribution in [-0.4, -0.2) is 11.9 Å². The maximum Gasteiger partial charge on any atom is 0.246 e. The predicted octanol–water partition coefficient (Wildman–Crippen LogP) is 3.40. The van der Waals surface area contributed by atoms with Crippen molar-refractivity contribution in [2.45, 2.75) is 13.0 Å². The Hall–Kier alpha value is -2.43. The van der Waals surface area contributed by atoms with Gasteiger partial charge in [-0.1, -0.05) is 18.2 Å². The van der Waals surface area contributed by atoms with Crippen molar-refractivity contribution in [1.29, 1.82) is 0 Å². The van der Waals surface area contributed by atoms with Gasteiger partial charge in [-0.3, -0.25) is 4.79 Å². The minimum Gasteiger partial charge on any atom is -0.374 e. The highest BCUT2D eigenvalue weighted by Gasteiger charge is 2.14. The van der Waals surface area contributed by atoms with E-state index in [2.05, 4.69) is 10.6 Å². The van der Waals surface area contributed by atoms with E-state index in [1.807, 2.05) is 0 Å². The van der Waals surface area contributed by atoms with Crippen LogP contribution in [-0.2, 0) is 4.79 Å². The van der Waals surface area contributed by atoms with Crippen molar-refractivity contribution in [1.82, 2.24) is 0 Å². The average Bonchev–Trinajstić information content (AvgIpc) is 2.41. The zero-order valence-electron chi connectivity index (χ0n) is 10.9. The molecule has 20 heavy (non-hydrogen) atoms. The topological polar surface area (TPSA) is 41.1 Å². The summed E-state index contributed by atoms with van der Waals surface area (Å²) < 4.78 is 26.4. The van der Waals surface area contributed by atoms with Crippen LogP contribution in [0.15, 0.2) is 48.5 Å². The third-order valence-electron chi connectivity index (χ3n) is 2.73. The quantitative estimate of drug-likeness (QED) is 0.898. The summed E-state index contributed by atoms with van der Waals surface area (Å²) in [7, 11) is 0. The predicted molar refractivity (Wildman–Crippen MR) is 74.5 cm³/mol. The van der Waals surface area contributed by atoms with Crippen molar-refractivity contribution in [3.8, 4) is 0 Å². The molecule has 0 aliphatic heterocycles. The van der Waals surface area contributed by atoms with E-state index in [4.69, 9.17) is 0 Å². The summed E-state index contributed by atoms with van der Waals surface area (Å²) in [6.07, 6.45) is 0. The number of benzene rings is 2. The first-order valence-electron chi connectivity index (χ1n) is 6.14. The Morgan fingerprint density at radius 3 is 2.55 bits per heavy atom. The van der Waals surface area contributed by atoms with Crippen molar-refractivity contribution in [3.63, 3.8) is 0 Å². The van der Waals surface area contributed by atoms with Gasteiger partial charge in [0.15, 0.2) is 0 Å². The standard InChI is InChI=1S/C15H14F2N2O/c1-10(18-12-6-4-5-11(16)9-12)15(20)19-14-8-3-2-7-13(14)17/h2-10,18H,1H3,(H,19,20). The van der Waals surface area contributed by atoms with Gasteiger partial charge >= 0.3 is 0 Å². The van der Waals surface area contributed by atoms with E-state index in [1.54, 1.807) is 31.2 Å². The summed E-state index contributed by atoms with van der Waals surface area (Å²) in [6.45, 7) is 1.61. The van der Waals surface area contributed by atoms with Crippen LogP contribution in [0.4, 0.5) is 20.2 Å². The van der Waals surface area contributed by atoms with Gasteiger partial charge in [-0.05, 0) is 37.3 Å². The zero-order chi connectivity index (χ0) is 14.5. The van der Waals surface area contributed by atoms with Crippen LogP contribution in [0.1, 0.15) is 6.92 Å². The van der Waals surface area contributed by atoms with Crippen molar-refractivity contribution in [2.75, 3.05) is 10.6 Å². The van der Waals surface area contributed by atoms with Gasteiger partial charge in [0, 0.05) is 5.69 Å². The van der Waals surface area contributed by atoms with Crippen LogP contribution in [0.5, 0.6) is 0 Å². The minimum absolute atomic E-state index is 0.116. The minimum atomic E-state index is -0.628. The number of rotatable bonds is 4. The molecule has 0 bridgehead atoms. The highest BCUT2D eigenvalue weighted by molar-refractivity contribution is 5.96. The third kappa shape index (κ3) is 3.54. The van der Waals surface area contributed by atoms with Gasteiger partial charge in [0.05, 0.1) is 5.69 Å². The second kappa shape index (κ2) is 6.14. The SMILES string of the molecule is CC(Nc1cccc(F)c1)C(=O)Nc1ccccc1F. The smallest absolute Gasteiger partial charge is 0.246 e. The maximum atomic E-state index is 13.4. The van der Waals surface area contributed by atoms with Crippen LogP contribution >= 0.6 is 0 Å². The Kier molecular flexibility index (Phi) is 4.30. The Labute approximate surface area is 115 Å². The Morgan fingerprint density at radius 1 is 1.10 bits per heavy atom. The molecule has 104 valence electrons. The number of hydrogen-bond acceptors (Lipinski definition) is 2. The molecule has 5 heteroatoms. The molecule has 0 aliphatic rings. The fraction of sp³-hybridized carbons (Fsp3) is 0.133. The molecule has 1 atom stereocenters. The number of halogens is 2. The lowest BCUT2D eigenvalue weighted by atomic mass is 10.2. The molecule has 3 nitrogen and oxygen atoms in total. The van der Waals surface area contributed by atoms with Gasteiger partial charge < -0.3 is 10.6 Å². The van der Waals surface area contributed by atoms with Gasteiger partial charge in [0.2, 0.25) is 5.91 Å². The van der Waals surface area contributed by atoms with Crippen molar-refractivity contribution in [2.24, 2.45) is 0 Å². The molecule has 0 heterocycles. The summed E-state index contributed by atoms with van der Waals surface area (Å²) in [6, 6.07) is 11.1. The second-order valence-electron chi connectivity index (χ2n) is 4.35. The molecule has 0 saturated carbocycles. The lowest BCUT2D eigenvalue weighted by Gasteiger charge is -2.15. The van der Waals surface area contributed by atoms with Crippen LogP contribution < -0.4 is 10.6 Å². The normalized spacial score (nSPS) is 11.8. The summed E-state index contributed by atoms with van der Waals surface area (Å²) in [5, 5.41) is 5.32. The number of carbonyl (C=O) groups excluding carboxylic acids is 1. The maximum absolute atomic E-state index is 13.4. The second-order valence-corrected chi connectivity index (χ2v) is 4.35. The lowest BCUT2D eigenvalue weighted by Crippen LogP contribution is -2.32. The lowest BCUT2D eigenvalue weighted by molar-refractivity contribution is -0.116. The van der Waals surface area contributed by atoms with Crippen molar-refractivity contribution in [3.05, 3.63) is 60.2 Å². The Bertz CT molecular complexity index is 616. The molecule has 1 amide bonds. The van der Waals surface area contributed by atoms with Gasteiger partial charge in [-0.2, -0.15) is 0 Å². The van der Waals surface area contributed by atoms with E-state index in [0.29, 0.717) is 5.69 Å². The molecule has 0 aliphatic carbocycles. The largest absolute Gasteiger partial charge is 0.374 e. The molecule has 0 saturated heterocycles. The first-order chi connectivity index (χ1) is 9.56. The molecule has 2 aromatic carbocycles. The Balaban J connectivity index is 2.01. The van der Waals surface area contributed by atoms with E-state index < -0.39 is 23.6 Å². The molecular formula is C15H14F2N2O. The summed E-state index contributed by atoms with van der Waals surface area (Å²) in [5.74, 6) is -1.30. The fourth-order valence-corrected chi connectivity index (χ4v) is 1.70. The van der Waals surface area contributed by atoms with Crippen LogP contribution in [0.2, 0.25) is 0 Å². The summed E-state index contributed by atoms with van der Waals surface area (Å²) in [5.41, 5.74) is 0.603. The van der Waals surface area contributed by atoms with E-state index in [-0.39, 0.29) is 5.69 Å². The molecule has 0 aromatic heterocycles. The molecule has 0 radical (unpaired) electrons. The van der Waals surface area contributed by atoms with E-state index in [1.165, 1.54) is 24.3 Å². The number of hydrogen-bond donors (Lipinski definition) is 2. The molecular weight excluding hydrogens is 262 g/mol. The van der Waals surface area contributed by atoms with Gasteiger partial charge in [-0.15, -0.1) is 0 Å². The Morgan fingerprint density at radius 2 is 1.85 bits per heavy atom. The summed E-state index contributed by atoms with van der Waals surface area (Å²) >= 11 is 0. The molecule has 1 unspecified atom stereocenters. The summed E-state index contributed by atoms with van der Waals surface area (Å²) in [4.78, 5) is 11.9. The van der Waals surface area contributed by atoms with Gasteiger partial charge in [0.1, 0.15) is 17.7 Å². The molecule has 2 aromatic rings. The number of para-hydroxylation sites is 1. The highest BCUT2D eigenvalue weighted by atomic mass is 19.1. The van der Waals surface area contributed by atoms with Crippen LogP contribution in [0.3, 0.4) is 0 Å². The highest BCUT2D eigenvalue weighted by Crippen LogP contribution is 2.14. The van der Waals surface area contributed by atoms with E-state index in [9.17, 15) is 13.6 Å². The molecule has 2 N–H and O–H groups in total. The first-order valence-corrected chi connectivity index (χ1v) is 6.14. The first kappa shape index (κ1) is 14.0. The number of anilines is 2. The monoisotopic (exact) mass is 276 g/mol. The van der Waals surface area contributed by atoms with Crippen LogP contribution in [0, 0.1) is 11.6 Å². The molecule has 0 fully saturated rings. The van der Waals surface area contributed by atoms with Crippen molar-refractivity contribution >= 4 is 17.3 Å². The number of carbonyl (C=O) groups is 1. The molecule has 2 rings (SSSR count). The van der Waals surface area contributed by atoms with Gasteiger partial charge in [0.25, 0.3) is 0 Å². The number of amides is 1. The molecule has 0 spiro atoms. The van der Waals surface area contributed by atoms with E-state index in [0.717, 1.165) is 0 Å². The van der Waals surface area contributed by atoms with E-state index >= 15 is 0 Å². The fourth-order valence-electron chi connectivity index (χ4n) is 1.70.